The average molecular weight is 295 g/mol. The molecule has 2 aliphatic rings. The van der Waals surface area contributed by atoms with E-state index in [0.29, 0.717) is 18.4 Å². The molecule has 0 N–H and O–H groups in total. The van der Waals surface area contributed by atoms with Crippen molar-refractivity contribution in [2.45, 2.75) is 45.3 Å². The van der Waals surface area contributed by atoms with Crippen LogP contribution in [0.1, 0.15) is 51.0 Å². The zero-order chi connectivity index (χ0) is 15.0. The first kappa shape index (κ1) is 14.9. The molecular weight excluding hydrogens is 270 g/mol. The highest BCUT2D eigenvalue weighted by Crippen LogP contribution is 2.40. The highest BCUT2D eigenvalue weighted by atomic mass is 16.5. The molecule has 3 atom stereocenters. The Morgan fingerprint density at radius 2 is 1.86 bits per heavy atom. The van der Waals surface area contributed by atoms with Crippen LogP contribution in [0.5, 0.6) is 0 Å². The molecule has 0 bridgehead atoms. The quantitative estimate of drug-likeness (QED) is 0.831. The summed E-state index contributed by atoms with van der Waals surface area (Å²) in [4.78, 5) is 2.22. The zero-order valence-electron chi connectivity index (χ0n) is 13.3. The second-order valence-electron chi connectivity index (χ2n) is 7.15. The van der Waals surface area contributed by atoms with E-state index in [-0.39, 0.29) is 23.5 Å². The number of morpholine rings is 1. The fraction of sp³-hybridized carbons (Fsp3) is 0.867. The van der Waals surface area contributed by atoms with E-state index in [1.54, 1.807) is 0 Å². The third-order valence-corrected chi connectivity index (χ3v) is 4.26. The Morgan fingerprint density at radius 1 is 1.10 bits per heavy atom. The predicted molar refractivity (Wildman–Crippen MR) is 77.0 cm³/mol. The summed E-state index contributed by atoms with van der Waals surface area (Å²) in [5.74, 6) is 1.47. The van der Waals surface area contributed by atoms with E-state index in [2.05, 4.69) is 42.9 Å². The molecule has 6 heteroatoms. The van der Waals surface area contributed by atoms with Crippen LogP contribution in [0.3, 0.4) is 0 Å². The molecule has 0 aliphatic carbocycles. The van der Waals surface area contributed by atoms with Crippen LogP contribution in [0, 0.1) is 5.41 Å². The van der Waals surface area contributed by atoms with E-state index in [4.69, 9.17) is 13.9 Å². The van der Waals surface area contributed by atoms with Crippen LogP contribution < -0.4 is 0 Å². The van der Waals surface area contributed by atoms with E-state index in [1.165, 1.54) is 0 Å². The third kappa shape index (κ3) is 3.12. The maximum absolute atomic E-state index is 5.93. The normalized spacial score (nSPS) is 31.7. The molecule has 0 spiro atoms. The predicted octanol–water partition coefficient (Wildman–Crippen LogP) is 1.99. The first-order chi connectivity index (χ1) is 9.95. The van der Waals surface area contributed by atoms with Crippen LogP contribution in [0.25, 0.3) is 0 Å². The highest BCUT2D eigenvalue weighted by Gasteiger charge is 2.41. The Hall–Kier alpha value is -0.980. The summed E-state index contributed by atoms with van der Waals surface area (Å²) < 4.78 is 17.6. The van der Waals surface area contributed by atoms with Gasteiger partial charge in [0.15, 0.2) is 0 Å². The van der Waals surface area contributed by atoms with Gasteiger partial charge in [0.25, 0.3) is 0 Å². The molecule has 118 valence electrons. The van der Waals surface area contributed by atoms with Gasteiger partial charge in [-0.25, -0.2) is 0 Å². The minimum absolute atomic E-state index is 0.0668. The van der Waals surface area contributed by atoms with Crippen molar-refractivity contribution in [3.8, 4) is 0 Å². The first-order valence-electron chi connectivity index (χ1n) is 7.70. The van der Waals surface area contributed by atoms with Gasteiger partial charge in [-0.1, -0.05) is 20.8 Å². The van der Waals surface area contributed by atoms with Gasteiger partial charge in [-0.3, -0.25) is 0 Å². The largest absolute Gasteiger partial charge is 0.422 e. The van der Waals surface area contributed by atoms with Gasteiger partial charge in [-0.2, -0.15) is 0 Å². The van der Waals surface area contributed by atoms with Gasteiger partial charge in [-0.05, 0) is 18.9 Å². The summed E-state index contributed by atoms with van der Waals surface area (Å²) in [7, 11) is 2.08. The molecule has 1 unspecified atom stereocenters. The van der Waals surface area contributed by atoms with Crippen LogP contribution >= 0.6 is 0 Å². The van der Waals surface area contributed by atoms with Crippen LogP contribution in [0.4, 0.5) is 0 Å². The number of nitrogens with zero attached hydrogens (tertiary/aromatic N) is 3. The number of rotatable bonds is 2. The van der Waals surface area contributed by atoms with Gasteiger partial charge in [0, 0.05) is 19.7 Å². The lowest BCUT2D eigenvalue weighted by Crippen LogP contribution is -2.35. The molecule has 0 aromatic carbocycles. The minimum atomic E-state index is -0.111. The summed E-state index contributed by atoms with van der Waals surface area (Å²) in [6, 6.07) is 0. The molecule has 6 nitrogen and oxygen atoms in total. The molecular formula is C15H25N3O3. The highest BCUT2D eigenvalue weighted by molar-refractivity contribution is 5.03. The van der Waals surface area contributed by atoms with Gasteiger partial charge in [0.1, 0.15) is 6.10 Å². The van der Waals surface area contributed by atoms with Crippen LogP contribution in [-0.4, -0.2) is 54.6 Å². The lowest BCUT2D eigenvalue weighted by Gasteiger charge is -2.29. The van der Waals surface area contributed by atoms with E-state index in [9.17, 15) is 0 Å². The van der Waals surface area contributed by atoms with Crippen molar-refractivity contribution >= 4 is 0 Å². The lowest BCUT2D eigenvalue weighted by molar-refractivity contribution is -0.0355. The fourth-order valence-electron chi connectivity index (χ4n) is 3.15. The molecule has 21 heavy (non-hydrogen) atoms. The van der Waals surface area contributed by atoms with E-state index < -0.39 is 0 Å². The Morgan fingerprint density at radius 3 is 2.57 bits per heavy atom. The standard InChI is InChI=1S/C15H25N3O3/c1-15(2,3)12-10(5-7-20-12)13-16-17-14(21-13)11-9-18(4)6-8-19-11/h10-12H,5-9H2,1-4H3/t10-,11?,12-/m0/s1. The first-order valence-corrected chi connectivity index (χ1v) is 7.70. The SMILES string of the molecule is CN1CCOC(c2nnc([C@H]3CCO[C@@H]3C(C)(C)C)o2)C1. The van der Waals surface area contributed by atoms with Gasteiger partial charge in [0.05, 0.1) is 18.6 Å². The molecule has 1 aromatic rings. The van der Waals surface area contributed by atoms with Crippen LogP contribution in [-0.2, 0) is 9.47 Å². The second kappa shape index (κ2) is 5.66. The Labute approximate surface area is 125 Å². The van der Waals surface area contributed by atoms with Crippen molar-refractivity contribution < 1.29 is 13.9 Å². The van der Waals surface area contributed by atoms with Gasteiger partial charge in [0.2, 0.25) is 11.8 Å². The summed E-state index contributed by atoms with van der Waals surface area (Å²) in [5, 5.41) is 8.48. The summed E-state index contributed by atoms with van der Waals surface area (Å²) in [6.07, 6.45) is 0.954. The Kier molecular flexibility index (Phi) is 4.03. The average Bonchev–Trinajstić information content (AvgIpc) is 3.07. The van der Waals surface area contributed by atoms with Crippen LogP contribution in [0.15, 0.2) is 4.42 Å². The maximum Gasteiger partial charge on any atom is 0.246 e. The second-order valence-corrected chi connectivity index (χ2v) is 7.15. The third-order valence-electron chi connectivity index (χ3n) is 4.26. The van der Waals surface area contributed by atoms with Crippen LogP contribution in [0.2, 0.25) is 0 Å². The van der Waals surface area contributed by atoms with Crippen molar-refractivity contribution in [3.63, 3.8) is 0 Å². The molecule has 2 aliphatic heterocycles. The molecule has 3 heterocycles. The lowest BCUT2D eigenvalue weighted by atomic mass is 9.81. The van der Waals surface area contributed by atoms with E-state index >= 15 is 0 Å². The molecule has 2 saturated heterocycles. The molecule has 2 fully saturated rings. The number of aromatic nitrogens is 2. The monoisotopic (exact) mass is 295 g/mol. The van der Waals surface area contributed by atoms with Crippen molar-refractivity contribution in [2.24, 2.45) is 5.41 Å². The van der Waals surface area contributed by atoms with Gasteiger partial charge < -0.3 is 18.8 Å². The Balaban J connectivity index is 1.75. The van der Waals surface area contributed by atoms with Crippen molar-refractivity contribution in [1.29, 1.82) is 0 Å². The van der Waals surface area contributed by atoms with Gasteiger partial charge in [-0.15, -0.1) is 10.2 Å². The molecule has 0 amide bonds. The fourth-order valence-corrected chi connectivity index (χ4v) is 3.15. The minimum Gasteiger partial charge on any atom is -0.422 e. The zero-order valence-corrected chi connectivity index (χ0v) is 13.3. The van der Waals surface area contributed by atoms with Crippen molar-refractivity contribution in [3.05, 3.63) is 11.8 Å². The maximum atomic E-state index is 5.93. The van der Waals surface area contributed by atoms with E-state index in [1.807, 2.05) is 0 Å². The molecule has 0 radical (unpaired) electrons. The molecule has 3 rings (SSSR count). The van der Waals surface area contributed by atoms with E-state index in [0.717, 1.165) is 26.1 Å². The van der Waals surface area contributed by atoms with Crippen molar-refractivity contribution in [2.75, 3.05) is 33.4 Å². The van der Waals surface area contributed by atoms with Crippen molar-refractivity contribution in [1.82, 2.24) is 15.1 Å². The number of ether oxygens (including phenoxy) is 2. The Bertz CT molecular complexity index is 483. The smallest absolute Gasteiger partial charge is 0.246 e. The summed E-state index contributed by atoms with van der Waals surface area (Å²) >= 11 is 0. The number of hydrogen-bond donors (Lipinski definition) is 0. The summed E-state index contributed by atoms with van der Waals surface area (Å²) in [6.45, 7) is 9.76. The topological polar surface area (TPSA) is 60.6 Å². The van der Waals surface area contributed by atoms with Gasteiger partial charge >= 0.3 is 0 Å². The molecule has 1 aromatic heterocycles. The number of hydrogen-bond acceptors (Lipinski definition) is 6. The summed E-state index contributed by atoms with van der Waals surface area (Å²) in [5.41, 5.74) is 0.0668. The molecule has 0 saturated carbocycles. The number of likely N-dealkylation sites (N-methyl/N-ethyl adjacent to an activating group) is 1.